The average Bonchev–Trinajstić information content (AvgIpc) is 2.55. The summed E-state index contributed by atoms with van der Waals surface area (Å²) in [5.41, 5.74) is 0.234. The smallest absolute Gasteiger partial charge is 0.337 e. The molecule has 2 aromatic carbocycles. The third kappa shape index (κ3) is 3.88. The SMILES string of the molecule is CC(=O)C(N=Nc1ccccc1C(=O)O)=C(O)c1ccccc1. The zero-order valence-electron chi connectivity index (χ0n) is 12.3. The van der Waals surface area contributed by atoms with Crippen molar-refractivity contribution in [2.24, 2.45) is 10.2 Å². The first-order valence-corrected chi connectivity index (χ1v) is 6.74. The lowest BCUT2D eigenvalue weighted by atomic mass is 10.1. The highest BCUT2D eigenvalue weighted by Crippen LogP contribution is 2.23. The zero-order chi connectivity index (χ0) is 16.8. The molecule has 0 unspecified atom stereocenters. The van der Waals surface area contributed by atoms with Crippen molar-refractivity contribution in [3.63, 3.8) is 0 Å². The van der Waals surface area contributed by atoms with Gasteiger partial charge in [-0.15, -0.1) is 10.2 Å². The Labute approximate surface area is 132 Å². The number of nitrogens with zero attached hydrogens (tertiary/aromatic N) is 2. The lowest BCUT2D eigenvalue weighted by Crippen LogP contribution is -1.99. The molecule has 0 amide bonds. The first-order chi connectivity index (χ1) is 11.0. The molecule has 116 valence electrons. The molecule has 2 N–H and O–H groups in total. The molecule has 0 aromatic heterocycles. The largest absolute Gasteiger partial charge is 0.505 e. The maximum atomic E-state index is 11.7. The first-order valence-electron chi connectivity index (χ1n) is 6.74. The highest BCUT2D eigenvalue weighted by Gasteiger charge is 2.14. The number of azo groups is 1. The van der Waals surface area contributed by atoms with E-state index in [0.717, 1.165) is 0 Å². The molecule has 0 atom stereocenters. The van der Waals surface area contributed by atoms with E-state index in [1.54, 1.807) is 42.5 Å². The standard InChI is InChI=1S/C17H14N2O4/c1-11(20)15(16(21)12-7-3-2-4-8-12)19-18-14-10-6-5-9-13(14)17(22)23/h2-10,21H,1H3,(H,22,23). The van der Waals surface area contributed by atoms with Gasteiger partial charge < -0.3 is 10.2 Å². The maximum absolute atomic E-state index is 11.7. The van der Waals surface area contributed by atoms with Crippen molar-refractivity contribution < 1.29 is 19.8 Å². The summed E-state index contributed by atoms with van der Waals surface area (Å²) in [5, 5.41) is 26.8. The van der Waals surface area contributed by atoms with E-state index in [4.69, 9.17) is 5.11 Å². The van der Waals surface area contributed by atoms with Crippen molar-refractivity contribution in [2.45, 2.75) is 6.92 Å². The molecule has 2 aromatic rings. The molecule has 2 rings (SSSR count). The normalized spacial score (nSPS) is 12.0. The summed E-state index contributed by atoms with van der Waals surface area (Å²) in [7, 11) is 0. The molecule has 6 heteroatoms. The van der Waals surface area contributed by atoms with Crippen LogP contribution in [0.15, 0.2) is 70.5 Å². The number of carbonyl (C=O) groups is 2. The second-order valence-corrected chi connectivity index (χ2v) is 4.64. The molecule has 0 fully saturated rings. The molecule has 23 heavy (non-hydrogen) atoms. The first kappa shape index (κ1) is 16.1. The molecule has 0 radical (unpaired) electrons. The average molecular weight is 310 g/mol. The molecule has 0 aliphatic rings. The minimum Gasteiger partial charge on any atom is -0.505 e. The van der Waals surface area contributed by atoms with Crippen LogP contribution in [0.25, 0.3) is 5.76 Å². The number of Topliss-reactive ketones (excluding diaryl/α,β-unsaturated/α-hetero) is 1. The van der Waals surface area contributed by atoms with Crippen molar-refractivity contribution in [1.82, 2.24) is 0 Å². The third-order valence-corrected chi connectivity index (χ3v) is 3.00. The molecule has 0 saturated heterocycles. The number of hydrogen-bond donors (Lipinski definition) is 2. The van der Waals surface area contributed by atoms with E-state index in [0.29, 0.717) is 5.56 Å². The van der Waals surface area contributed by atoms with Crippen LogP contribution >= 0.6 is 0 Å². The summed E-state index contributed by atoms with van der Waals surface area (Å²) in [4.78, 5) is 22.8. The van der Waals surface area contributed by atoms with Gasteiger partial charge in [-0.3, -0.25) is 4.79 Å². The van der Waals surface area contributed by atoms with Crippen LogP contribution in [0.5, 0.6) is 0 Å². The predicted octanol–water partition coefficient (Wildman–Crippen LogP) is 3.98. The Kier molecular flexibility index (Phi) is 4.99. The van der Waals surface area contributed by atoms with Crippen LogP contribution in [-0.2, 0) is 4.79 Å². The summed E-state index contributed by atoms with van der Waals surface area (Å²) in [5.74, 6) is -1.95. The number of carboxylic acid groups (broad SMARTS) is 1. The molecule has 0 saturated carbocycles. The molecular weight excluding hydrogens is 296 g/mol. The van der Waals surface area contributed by atoms with Gasteiger partial charge in [0.05, 0.1) is 5.56 Å². The Hall–Kier alpha value is -3.28. The summed E-state index contributed by atoms with van der Waals surface area (Å²) in [6.07, 6.45) is 0. The Morgan fingerprint density at radius 2 is 1.52 bits per heavy atom. The van der Waals surface area contributed by atoms with Gasteiger partial charge in [-0.1, -0.05) is 42.5 Å². The van der Waals surface area contributed by atoms with Crippen LogP contribution in [0.3, 0.4) is 0 Å². The predicted molar refractivity (Wildman–Crippen MR) is 84.6 cm³/mol. The Bertz CT molecular complexity index is 795. The van der Waals surface area contributed by atoms with Crippen molar-refractivity contribution >= 4 is 23.2 Å². The highest BCUT2D eigenvalue weighted by atomic mass is 16.4. The number of ketones is 1. The van der Waals surface area contributed by atoms with Crippen molar-refractivity contribution in [3.8, 4) is 0 Å². The molecule has 0 heterocycles. The minimum atomic E-state index is -1.15. The molecule has 0 aliphatic heterocycles. The lowest BCUT2D eigenvalue weighted by Gasteiger charge is -2.03. The van der Waals surface area contributed by atoms with E-state index in [1.165, 1.54) is 19.1 Å². The fourth-order valence-electron chi connectivity index (χ4n) is 1.86. The second kappa shape index (κ2) is 7.13. The van der Waals surface area contributed by atoms with Crippen LogP contribution in [0.4, 0.5) is 5.69 Å². The topological polar surface area (TPSA) is 99.3 Å². The van der Waals surface area contributed by atoms with Crippen LogP contribution < -0.4 is 0 Å². The van der Waals surface area contributed by atoms with Crippen LogP contribution in [-0.4, -0.2) is 22.0 Å². The lowest BCUT2D eigenvalue weighted by molar-refractivity contribution is -0.113. The van der Waals surface area contributed by atoms with Gasteiger partial charge in [0, 0.05) is 12.5 Å². The van der Waals surface area contributed by atoms with Gasteiger partial charge in [0.15, 0.2) is 17.2 Å². The number of hydrogen-bond acceptors (Lipinski definition) is 5. The van der Waals surface area contributed by atoms with Crippen LogP contribution in [0.1, 0.15) is 22.8 Å². The number of aliphatic hydroxyl groups excluding tert-OH is 1. The van der Waals surface area contributed by atoms with Gasteiger partial charge in [0.1, 0.15) is 5.69 Å². The molecule has 0 aliphatic carbocycles. The summed E-state index contributed by atoms with van der Waals surface area (Å²) in [6, 6.07) is 14.4. The Balaban J connectivity index is 2.46. The number of aliphatic hydroxyl groups is 1. The second-order valence-electron chi connectivity index (χ2n) is 4.64. The number of carbonyl (C=O) groups excluding carboxylic acids is 1. The fourth-order valence-corrected chi connectivity index (χ4v) is 1.86. The third-order valence-electron chi connectivity index (χ3n) is 3.00. The van der Waals surface area contributed by atoms with E-state index in [9.17, 15) is 14.7 Å². The van der Waals surface area contributed by atoms with Gasteiger partial charge >= 0.3 is 5.97 Å². The van der Waals surface area contributed by atoms with E-state index < -0.39 is 11.8 Å². The van der Waals surface area contributed by atoms with Crippen LogP contribution in [0.2, 0.25) is 0 Å². The number of carboxylic acids is 1. The van der Waals surface area contributed by atoms with Crippen molar-refractivity contribution in [1.29, 1.82) is 0 Å². The van der Waals surface area contributed by atoms with Gasteiger partial charge in [-0.05, 0) is 12.1 Å². The van der Waals surface area contributed by atoms with E-state index in [1.807, 2.05) is 0 Å². The number of benzene rings is 2. The number of aromatic carboxylic acids is 1. The Morgan fingerprint density at radius 3 is 2.13 bits per heavy atom. The molecule has 6 nitrogen and oxygen atoms in total. The molecular formula is C17H14N2O4. The van der Waals surface area contributed by atoms with Crippen LogP contribution in [0, 0.1) is 0 Å². The van der Waals surface area contributed by atoms with Crippen molar-refractivity contribution in [2.75, 3.05) is 0 Å². The quantitative estimate of drug-likeness (QED) is 0.495. The van der Waals surface area contributed by atoms with E-state index in [-0.39, 0.29) is 22.7 Å². The van der Waals surface area contributed by atoms with Gasteiger partial charge in [0.2, 0.25) is 0 Å². The zero-order valence-corrected chi connectivity index (χ0v) is 12.3. The number of rotatable bonds is 5. The van der Waals surface area contributed by atoms with Gasteiger partial charge in [-0.2, -0.15) is 0 Å². The maximum Gasteiger partial charge on any atom is 0.337 e. The summed E-state index contributed by atoms with van der Waals surface area (Å²) < 4.78 is 0. The van der Waals surface area contributed by atoms with Crippen molar-refractivity contribution in [3.05, 3.63) is 71.4 Å². The van der Waals surface area contributed by atoms with Gasteiger partial charge in [-0.25, -0.2) is 4.79 Å². The number of allylic oxidation sites excluding steroid dienone is 1. The van der Waals surface area contributed by atoms with E-state index >= 15 is 0 Å². The molecule has 0 spiro atoms. The van der Waals surface area contributed by atoms with Gasteiger partial charge in [0.25, 0.3) is 0 Å². The summed E-state index contributed by atoms with van der Waals surface area (Å²) >= 11 is 0. The molecule has 0 bridgehead atoms. The fraction of sp³-hybridized carbons (Fsp3) is 0.0588. The summed E-state index contributed by atoms with van der Waals surface area (Å²) in [6.45, 7) is 1.25. The Morgan fingerprint density at radius 1 is 0.913 bits per heavy atom. The minimum absolute atomic E-state index is 0.0432. The monoisotopic (exact) mass is 310 g/mol. The van der Waals surface area contributed by atoms with E-state index in [2.05, 4.69) is 10.2 Å². The highest BCUT2D eigenvalue weighted by molar-refractivity contribution is 5.99.